The van der Waals surface area contributed by atoms with E-state index < -0.39 is 6.10 Å². The first-order chi connectivity index (χ1) is 8.70. The van der Waals surface area contributed by atoms with Crippen molar-refractivity contribution in [3.8, 4) is 0 Å². The van der Waals surface area contributed by atoms with Gasteiger partial charge in [0, 0.05) is 28.0 Å². The Hall–Kier alpha value is -0.0700. The standard InChI is InChI=1S/C13H17BrO3S/c14-10-3-1-9(2-4-10)6-17-7-13-11(5-15)12(16)8-18-13/h1-4,11-13,15-16H,5-8H2/t11-,12-,13+/m0/s1. The molecule has 1 aromatic carbocycles. The smallest absolute Gasteiger partial charge is 0.0717 e. The highest BCUT2D eigenvalue weighted by molar-refractivity contribution is 9.10. The largest absolute Gasteiger partial charge is 0.396 e. The third-order valence-corrected chi connectivity index (χ3v) is 5.10. The number of benzene rings is 1. The van der Waals surface area contributed by atoms with Crippen LogP contribution in [0.5, 0.6) is 0 Å². The van der Waals surface area contributed by atoms with E-state index in [2.05, 4.69) is 15.9 Å². The lowest BCUT2D eigenvalue weighted by Crippen LogP contribution is -2.29. The van der Waals surface area contributed by atoms with Gasteiger partial charge in [-0.15, -0.1) is 0 Å². The van der Waals surface area contributed by atoms with Crippen molar-refractivity contribution in [3.05, 3.63) is 34.3 Å². The Morgan fingerprint density at radius 3 is 2.72 bits per heavy atom. The summed E-state index contributed by atoms with van der Waals surface area (Å²) in [6.45, 7) is 1.17. The number of thioether (sulfide) groups is 1. The molecule has 100 valence electrons. The van der Waals surface area contributed by atoms with E-state index in [-0.39, 0.29) is 17.8 Å². The van der Waals surface area contributed by atoms with Crippen molar-refractivity contribution in [2.45, 2.75) is 18.0 Å². The van der Waals surface area contributed by atoms with Crippen molar-refractivity contribution >= 4 is 27.7 Å². The number of halogens is 1. The normalized spacial score (nSPS) is 27.6. The van der Waals surface area contributed by atoms with Crippen LogP contribution in [0, 0.1) is 5.92 Å². The van der Waals surface area contributed by atoms with E-state index in [1.165, 1.54) is 0 Å². The van der Waals surface area contributed by atoms with Crippen LogP contribution in [0.3, 0.4) is 0 Å². The summed E-state index contributed by atoms with van der Waals surface area (Å²) in [6.07, 6.45) is -0.402. The topological polar surface area (TPSA) is 49.7 Å². The Bertz CT molecular complexity index is 371. The summed E-state index contributed by atoms with van der Waals surface area (Å²) in [7, 11) is 0. The van der Waals surface area contributed by atoms with E-state index in [4.69, 9.17) is 4.74 Å². The lowest BCUT2D eigenvalue weighted by Gasteiger charge is -2.18. The molecule has 5 heteroatoms. The number of hydrogen-bond donors (Lipinski definition) is 2. The first-order valence-electron chi connectivity index (χ1n) is 5.93. The minimum absolute atomic E-state index is 0.0283. The summed E-state index contributed by atoms with van der Waals surface area (Å²) in [5, 5.41) is 19.1. The van der Waals surface area contributed by atoms with Gasteiger partial charge in [0.05, 0.1) is 19.3 Å². The van der Waals surface area contributed by atoms with Gasteiger partial charge in [0.1, 0.15) is 0 Å². The minimum atomic E-state index is -0.402. The third kappa shape index (κ3) is 3.71. The van der Waals surface area contributed by atoms with Crippen molar-refractivity contribution in [3.63, 3.8) is 0 Å². The molecule has 0 aromatic heterocycles. The summed E-state index contributed by atoms with van der Waals surface area (Å²) in [6, 6.07) is 8.01. The molecule has 0 radical (unpaired) electrons. The quantitative estimate of drug-likeness (QED) is 0.866. The van der Waals surface area contributed by atoms with Crippen molar-refractivity contribution < 1.29 is 14.9 Å². The van der Waals surface area contributed by atoms with E-state index in [0.717, 1.165) is 10.0 Å². The molecule has 0 spiro atoms. The summed E-state index contributed by atoms with van der Waals surface area (Å²) in [4.78, 5) is 0. The SMILES string of the molecule is OC[C@H]1[C@@H](O)CS[C@@H]1COCc1ccc(Br)cc1. The average Bonchev–Trinajstić information content (AvgIpc) is 2.72. The van der Waals surface area contributed by atoms with Gasteiger partial charge in [0.25, 0.3) is 0 Å². The molecule has 2 N–H and O–H groups in total. The van der Waals surface area contributed by atoms with Crippen molar-refractivity contribution in [2.24, 2.45) is 5.92 Å². The van der Waals surface area contributed by atoms with Crippen LogP contribution in [0.2, 0.25) is 0 Å². The Morgan fingerprint density at radius 1 is 1.33 bits per heavy atom. The fourth-order valence-corrected chi connectivity index (χ4v) is 3.66. The van der Waals surface area contributed by atoms with E-state index in [1.807, 2.05) is 24.3 Å². The summed E-state index contributed by atoms with van der Waals surface area (Å²) >= 11 is 5.07. The molecule has 3 atom stereocenters. The average molecular weight is 333 g/mol. The molecule has 1 aliphatic heterocycles. The fraction of sp³-hybridized carbons (Fsp3) is 0.538. The van der Waals surface area contributed by atoms with Gasteiger partial charge in [-0.2, -0.15) is 11.8 Å². The van der Waals surface area contributed by atoms with Gasteiger partial charge in [-0.1, -0.05) is 28.1 Å². The van der Waals surface area contributed by atoms with E-state index in [0.29, 0.717) is 19.0 Å². The van der Waals surface area contributed by atoms with Crippen molar-refractivity contribution in [1.82, 2.24) is 0 Å². The van der Waals surface area contributed by atoms with Gasteiger partial charge in [0.2, 0.25) is 0 Å². The lowest BCUT2D eigenvalue weighted by molar-refractivity contribution is 0.0574. The van der Waals surface area contributed by atoms with Crippen molar-refractivity contribution in [2.75, 3.05) is 19.0 Å². The molecule has 0 saturated carbocycles. The second-order valence-corrected chi connectivity index (χ2v) is 6.61. The van der Waals surface area contributed by atoms with Crippen LogP contribution in [0.4, 0.5) is 0 Å². The van der Waals surface area contributed by atoms with Crippen LogP contribution in [-0.2, 0) is 11.3 Å². The van der Waals surface area contributed by atoms with Crippen LogP contribution >= 0.6 is 27.7 Å². The molecule has 0 aliphatic carbocycles. The Kier molecular flexibility index (Phi) is 5.51. The van der Waals surface area contributed by atoms with Gasteiger partial charge in [-0.3, -0.25) is 0 Å². The Morgan fingerprint density at radius 2 is 2.06 bits per heavy atom. The first-order valence-corrected chi connectivity index (χ1v) is 7.77. The second kappa shape index (κ2) is 6.91. The fourth-order valence-electron chi connectivity index (χ4n) is 2.00. The number of hydrogen-bond acceptors (Lipinski definition) is 4. The van der Waals surface area contributed by atoms with Gasteiger partial charge < -0.3 is 14.9 Å². The molecule has 1 heterocycles. The molecule has 1 saturated heterocycles. The molecule has 0 amide bonds. The second-order valence-electron chi connectivity index (χ2n) is 4.43. The number of ether oxygens (including phenoxy) is 1. The molecule has 1 aliphatic rings. The summed E-state index contributed by atoms with van der Waals surface area (Å²) in [5.41, 5.74) is 1.13. The van der Waals surface area contributed by atoms with Crippen LogP contribution in [-0.4, -0.2) is 40.5 Å². The zero-order valence-electron chi connectivity index (χ0n) is 9.96. The highest BCUT2D eigenvalue weighted by atomic mass is 79.9. The summed E-state index contributed by atoms with van der Waals surface area (Å²) < 4.78 is 6.72. The number of aliphatic hydroxyl groups is 2. The summed E-state index contributed by atoms with van der Waals surface area (Å²) in [5.74, 6) is 0.636. The lowest BCUT2D eigenvalue weighted by atomic mass is 10.0. The third-order valence-electron chi connectivity index (χ3n) is 3.13. The van der Waals surface area contributed by atoms with E-state index in [1.54, 1.807) is 11.8 Å². The molecule has 3 nitrogen and oxygen atoms in total. The maximum absolute atomic E-state index is 9.66. The van der Waals surface area contributed by atoms with Crippen LogP contribution in [0.25, 0.3) is 0 Å². The van der Waals surface area contributed by atoms with E-state index >= 15 is 0 Å². The number of rotatable bonds is 5. The molecule has 1 fully saturated rings. The van der Waals surface area contributed by atoms with Crippen molar-refractivity contribution in [1.29, 1.82) is 0 Å². The van der Waals surface area contributed by atoms with E-state index in [9.17, 15) is 10.2 Å². The highest BCUT2D eigenvalue weighted by Gasteiger charge is 2.35. The van der Waals surface area contributed by atoms with Crippen LogP contribution in [0.1, 0.15) is 5.56 Å². The zero-order chi connectivity index (χ0) is 13.0. The van der Waals surface area contributed by atoms with Gasteiger partial charge >= 0.3 is 0 Å². The predicted octanol–water partition coefficient (Wildman–Crippen LogP) is 2.05. The zero-order valence-corrected chi connectivity index (χ0v) is 12.4. The monoisotopic (exact) mass is 332 g/mol. The molecule has 2 rings (SSSR count). The van der Waals surface area contributed by atoms with Gasteiger partial charge in [0.15, 0.2) is 0 Å². The molecule has 18 heavy (non-hydrogen) atoms. The maximum atomic E-state index is 9.66. The molecule has 0 unspecified atom stereocenters. The Balaban J connectivity index is 1.77. The molecular formula is C13H17BrO3S. The number of aliphatic hydroxyl groups excluding tert-OH is 2. The molecular weight excluding hydrogens is 316 g/mol. The maximum Gasteiger partial charge on any atom is 0.0717 e. The molecule has 1 aromatic rings. The van der Waals surface area contributed by atoms with Crippen LogP contribution < -0.4 is 0 Å². The predicted molar refractivity (Wildman–Crippen MR) is 76.6 cm³/mol. The Labute approximate surface area is 120 Å². The van der Waals surface area contributed by atoms with Crippen LogP contribution in [0.15, 0.2) is 28.7 Å². The molecule has 0 bridgehead atoms. The first kappa shape index (κ1) is 14.3. The van der Waals surface area contributed by atoms with Gasteiger partial charge in [-0.25, -0.2) is 0 Å². The van der Waals surface area contributed by atoms with Gasteiger partial charge in [-0.05, 0) is 17.7 Å². The minimum Gasteiger partial charge on any atom is -0.396 e. The highest BCUT2D eigenvalue weighted by Crippen LogP contribution is 2.32.